The van der Waals surface area contributed by atoms with Crippen LogP contribution in [0.5, 0.6) is 0 Å². The minimum Gasteiger partial charge on any atom is -0.338 e. The van der Waals surface area contributed by atoms with E-state index in [4.69, 9.17) is 0 Å². The second kappa shape index (κ2) is 9.88. The molecule has 2 aliphatic rings. The van der Waals surface area contributed by atoms with Crippen molar-refractivity contribution in [2.45, 2.75) is 33.4 Å². The lowest BCUT2D eigenvalue weighted by molar-refractivity contribution is -0.128. The quantitative estimate of drug-likeness (QED) is 0.746. The lowest BCUT2D eigenvalue weighted by Crippen LogP contribution is -2.32. The molecule has 2 aliphatic heterocycles. The van der Waals surface area contributed by atoms with Gasteiger partial charge in [-0.2, -0.15) is 11.8 Å². The van der Waals surface area contributed by atoms with Gasteiger partial charge in [0.2, 0.25) is 11.8 Å². The van der Waals surface area contributed by atoms with Crippen molar-refractivity contribution in [2.24, 2.45) is 5.92 Å². The van der Waals surface area contributed by atoms with Crippen molar-refractivity contribution in [3.05, 3.63) is 64.7 Å². The van der Waals surface area contributed by atoms with Gasteiger partial charge < -0.3 is 10.2 Å². The average Bonchev–Trinajstić information content (AvgIpc) is 3.13. The zero-order chi connectivity index (χ0) is 21.8. The van der Waals surface area contributed by atoms with E-state index in [0.717, 1.165) is 36.4 Å². The van der Waals surface area contributed by atoms with Gasteiger partial charge in [-0.15, -0.1) is 0 Å². The standard InChI is InChI=1S/C25H31N3O2S/c1-18-3-6-20(7-4-18)16-28-17-22(14-24(28)29)25(30)26-23-13-21(8-5-19(23)2)15-27-9-11-31-12-10-27/h3-8,13,22H,9-12,14-17H2,1-2H3,(H,26,30). The number of likely N-dealkylation sites (tertiary alicyclic amines) is 1. The van der Waals surface area contributed by atoms with Crippen LogP contribution in [0.2, 0.25) is 0 Å². The normalized spacial score (nSPS) is 19.6. The summed E-state index contributed by atoms with van der Waals surface area (Å²) < 4.78 is 0. The van der Waals surface area contributed by atoms with Gasteiger partial charge in [0.25, 0.3) is 0 Å². The topological polar surface area (TPSA) is 52.7 Å². The first-order valence-electron chi connectivity index (χ1n) is 11.0. The van der Waals surface area contributed by atoms with E-state index in [-0.39, 0.29) is 24.2 Å². The fraction of sp³-hybridized carbons (Fsp3) is 0.440. The van der Waals surface area contributed by atoms with Crippen molar-refractivity contribution in [1.29, 1.82) is 0 Å². The molecule has 1 N–H and O–H groups in total. The molecule has 2 fully saturated rings. The Hall–Kier alpha value is -2.31. The van der Waals surface area contributed by atoms with Crippen molar-refractivity contribution in [2.75, 3.05) is 36.5 Å². The zero-order valence-electron chi connectivity index (χ0n) is 18.4. The lowest BCUT2D eigenvalue weighted by Gasteiger charge is -2.26. The summed E-state index contributed by atoms with van der Waals surface area (Å²) >= 11 is 2.01. The largest absolute Gasteiger partial charge is 0.338 e. The molecule has 31 heavy (non-hydrogen) atoms. The number of thioether (sulfide) groups is 1. The molecule has 6 heteroatoms. The summed E-state index contributed by atoms with van der Waals surface area (Å²) in [6.45, 7) is 8.24. The monoisotopic (exact) mass is 437 g/mol. The predicted molar refractivity (Wildman–Crippen MR) is 127 cm³/mol. The number of benzene rings is 2. The highest BCUT2D eigenvalue weighted by atomic mass is 32.2. The van der Waals surface area contributed by atoms with Gasteiger partial charge in [0.05, 0.1) is 5.92 Å². The van der Waals surface area contributed by atoms with Gasteiger partial charge in [-0.25, -0.2) is 0 Å². The van der Waals surface area contributed by atoms with Crippen LogP contribution in [0.25, 0.3) is 0 Å². The van der Waals surface area contributed by atoms with Crippen LogP contribution in [0.4, 0.5) is 5.69 Å². The minimum absolute atomic E-state index is 0.0502. The van der Waals surface area contributed by atoms with Crippen molar-refractivity contribution in [3.63, 3.8) is 0 Å². The molecular formula is C25H31N3O2S. The van der Waals surface area contributed by atoms with Crippen molar-refractivity contribution in [3.8, 4) is 0 Å². The number of carbonyl (C=O) groups excluding carboxylic acids is 2. The first-order valence-corrected chi connectivity index (χ1v) is 12.2. The Labute approximate surface area is 189 Å². The summed E-state index contributed by atoms with van der Waals surface area (Å²) in [6, 6.07) is 14.5. The molecule has 0 saturated carbocycles. The number of hydrogen-bond acceptors (Lipinski definition) is 4. The summed E-state index contributed by atoms with van der Waals surface area (Å²) in [5.74, 6) is 2.05. The Kier molecular flexibility index (Phi) is 6.98. The third-order valence-electron chi connectivity index (χ3n) is 6.15. The van der Waals surface area contributed by atoms with Gasteiger partial charge in [0.1, 0.15) is 0 Å². The Morgan fingerprint density at radius 3 is 2.48 bits per heavy atom. The Morgan fingerprint density at radius 2 is 1.74 bits per heavy atom. The summed E-state index contributed by atoms with van der Waals surface area (Å²) in [7, 11) is 0. The molecule has 1 unspecified atom stereocenters. The Balaban J connectivity index is 1.37. The van der Waals surface area contributed by atoms with E-state index in [0.29, 0.717) is 13.1 Å². The molecule has 4 rings (SSSR count). The number of hydrogen-bond donors (Lipinski definition) is 1. The maximum atomic E-state index is 13.0. The van der Waals surface area contributed by atoms with Crippen LogP contribution in [0.1, 0.15) is 28.7 Å². The van der Waals surface area contributed by atoms with Gasteiger partial charge in [-0.1, -0.05) is 42.0 Å². The molecule has 2 aromatic carbocycles. The summed E-state index contributed by atoms with van der Waals surface area (Å²) in [5, 5.41) is 3.10. The van der Waals surface area contributed by atoms with Gasteiger partial charge >= 0.3 is 0 Å². The van der Waals surface area contributed by atoms with E-state index >= 15 is 0 Å². The smallest absolute Gasteiger partial charge is 0.229 e. The Bertz CT molecular complexity index is 938. The highest BCUT2D eigenvalue weighted by molar-refractivity contribution is 7.99. The third kappa shape index (κ3) is 5.69. The van der Waals surface area contributed by atoms with Crippen molar-refractivity contribution < 1.29 is 9.59 Å². The number of aryl methyl sites for hydroxylation is 2. The maximum Gasteiger partial charge on any atom is 0.229 e. The lowest BCUT2D eigenvalue weighted by atomic mass is 10.1. The molecule has 2 amide bonds. The fourth-order valence-corrected chi connectivity index (χ4v) is 5.15. The number of amides is 2. The molecular weight excluding hydrogens is 406 g/mol. The number of carbonyl (C=O) groups is 2. The summed E-state index contributed by atoms with van der Waals surface area (Å²) in [4.78, 5) is 29.7. The van der Waals surface area contributed by atoms with Crippen LogP contribution in [0, 0.1) is 19.8 Å². The molecule has 0 radical (unpaired) electrons. The second-order valence-electron chi connectivity index (χ2n) is 8.69. The number of nitrogens with one attached hydrogen (secondary N) is 1. The van der Waals surface area contributed by atoms with E-state index in [9.17, 15) is 9.59 Å². The molecule has 2 heterocycles. The van der Waals surface area contributed by atoms with E-state index in [2.05, 4.69) is 40.5 Å². The maximum absolute atomic E-state index is 13.0. The molecule has 0 aliphatic carbocycles. The molecule has 5 nitrogen and oxygen atoms in total. The highest BCUT2D eigenvalue weighted by Crippen LogP contribution is 2.24. The zero-order valence-corrected chi connectivity index (χ0v) is 19.2. The first-order chi connectivity index (χ1) is 15.0. The number of nitrogens with zero attached hydrogens (tertiary/aromatic N) is 2. The first kappa shape index (κ1) is 21.9. The van der Waals surface area contributed by atoms with Gasteiger partial charge in [-0.3, -0.25) is 14.5 Å². The number of rotatable bonds is 6. The van der Waals surface area contributed by atoms with Crippen LogP contribution < -0.4 is 5.32 Å². The van der Waals surface area contributed by atoms with Crippen LogP contribution in [0.15, 0.2) is 42.5 Å². The summed E-state index contributed by atoms with van der Waals surface area (Å²) in [5.41, 5.74) is 5.42. The number of anilines is 1. The molecule has 1 atom stereocenters. The summed E-state index contributed by atoms with van der Waals surface area (Å²) in [6.07, 6.45) is 0.280. The third-order valence-corrected chi connectivity index (χ3v) is 7.09. The van der Waals surface area contributed by atoms with Crippen molar-refractivity contribution >= 4 is 29.3 Å². The van der Waals surface area contributed by atoms with Gasteiger partial charge in [0, 0.05) is 56.3 Å². The average molecular weight is 438 g/mol. The van der Waals surface area contributed by atoms with Crippen LogP contribution >= 0.6 is 11.8 Å². The Morgan fingerprint density at radius 1 is 1.03 bits per heavy atom. The van der Waals surface area contributed by atoms with Gasteiger partial charge in [0.15, 0.2) is 0 Å². The molecule has 2 saturated heterocycles. The molecule has 0 bridgehead atoms. The highest BCUT2D eigenvalue weighted by Gasteiger charge is 2.34. The molecule has 0 aromatic heterocycles. The minimum atomic E-state index is -0.305. The fourth-order valence-electron chi connectivity index (χ4n) is 4.17. The van der Waals surface area contributed by atoms with E-state index in [1.165, 1.54) is 22.6 Å². The van der Waals surface area contributed by atoms with Crippen LogP contribution in [0.3, 0.4) is 0 Å². The van der Waals surface area contributed by atoms with E-state index < -0.39 is 0 Å². The van der Waals surface area contributed by atoms with E-state index in [1.807, 2.05) is 37.7 Å². The molecule has 2 aromatic rings. The molecule has 164 valence electrons. The second-order valence-corrected chi connectivity index (χ2v) is 9.91. The van der Waals surface area contributed by atoms with Gasteiger partial charge in [-0.05, 0) is 36.6 Å². The predicted octanol–water partition coefficient (Wildman–Crippen LogP) is 3.84. The van der Waals surface area contributed by atoms with Crippen molar-refractivity contribution in [1.82, 2.24) is 9.80 Å². The van der Waals surface area contributed by atoms with E-state index in [1.54, 1.807) is 4.90 Å². The SMILES string of the molecule is Cc1ccc(CN2CC(C(=O)Nc3cc(CN4CCSCC4)ccc3C)CC2=O)cc1. The van der Waals surface area contributed by atoms with Crippen LogP contribution in [-0.4, -0.2) is 52.8 Å². The van der Waals surface area contributed by atoms with Crippen LogP contribution in [-0.2, 0) is 22.7 Å². The molecule has 0 spiro atoms.